The van der Waals surface area contributed by atoms with Gasteiger partial charge in [-0.05, 0) is 105 Å². The molecule has 0 spiro atoms. The van der Waals surface area contributed by atoms with Gasteiger partial charge in [-0.3, -0.25) is 0 Å². The van der Waals surface area contributed by atoms with Crippen LogP contribution in [0, 0.1) is 7.14 Å². The Kier molecular flexibility index (Phi) is 6.65. The summed E-state index contributed by atoms with van der Waals surface area (Å²) in [4.78, 5) is 11.6. The van der Waals surface area contributed by atoms with Crippen LogP contribution in [0.2, 0.25) is 5.02 Å². The first-order chi connectivity index (χ1) is 12.8. The Morgan fingerprint density at radius 3 is 2.37 bits per heavy atom. The number of rotatable bonds is 5. The van der Waals surface area contributed by atoms with Crippen molar-refractivity contribution in [2.45, 2.75) is 5.22 Å². The van der Waals surface area contributed by atoms with Crippen LogP contribution in [0.4, 0.5) is 0 Å². The number of halogens is 3. The Balaban J connectivity index is 1.87. The van der Waals surface area contributed by atoms with Crippen molar-refractivity contribution in [3.63, 3.8) is 0 Å². The minimum atomic E-state index is -1.12. The molecule has 0 aliphatic rings. The highest BCUT2D eigenvalue weighted by Crippen LogP contribution is 2.32. The minimum absolute atomic E-state index is 0.0126. The van der Waals surface area contributed by atoms with E-state index in [2.05, 4.69) is 10.2 Å². The van der Waals surface area contributed by atoms with Gasteiger partial charge in [0.25, 0.3) is 5.22 Å². The fourth-order valence-corrected chi connectivity index (χ4v) is 4.62. The second-order valence-corrected chi connectivity index (χ2v) is 8.88. The maximum Gasteiger partial charge on any atom is 0.342 e. The maximum absolute atomic E-state index is 11.6. The highest BCUT2D eigenvalue weighted by molar-refractivity contribution is 14.1. The maximum atomic E-state index is 11.6. The molecule has 2 N–H and O–H groups in total. The molecule has 0 fully saturated rings. The van der Waals surface area contributed by atoms with Gasteiger partial charge in [-0.1, -0.05) is 11.6 Å². The molecule has 0 aliphatic carbocycles. The smallest absolute Gasteiger partial charge is 0.342 e. The standard InChI is InChI=1S/C17H9ClI2N2O4S/c18-10-3-1-9(2-4-10)15-21-22-17(26-15)27-13(16(24)25)7-8-5-11(19)14(23)12(20)6-8/h1-7,23H,(H,24,25)/b13-7-. The van der Waals surface area contributed by atoms with Gasteiger partial charge in [-0.2, -0.15) is 0 Å². The second kappa shape index (κ2) is 8.80. The van der Waals surface area contributed by atoms with Gasteiger partial charge in [0.05, 0.1) is 7.14 Å². The van der Waals surface area contributed by atoms with E-state index in [0.29, 0.717) is 23.3 Å². The number of aromatic hydroxyl groups is 1. The molecule has 0 radical (unpaired) electrons. The summed E-state index contributed by atoms with van der Waals surface area (Å²) >= 11 is 10.7. The number of hydrogen-bond donors (Lipinski definition) is 2. The van der Waals surface area contributed by atoms with Crippen LogP contribution >= 0.6 is 68.5 Å². The minimum Gasteiger partial charge on any atom is -0.506 e. The van der Waals surface area contributed by atoms with E-state index in [-0.39, 0.29) is 21.8 Å². The zero-order valence-electron chi connectivity index (χ0n) is 13.2. The van der Waals surface area contributed by atoms with Gasteiger partial charge in [-0.25, -0.2) is 4.79 Å². The average Bonchev–Trinajstić information content (AvgIpc) is 3.08. The molecule has 0 saturated heterocycles. The first-order valence-electron chi connectivity index (χ1n) is 7.24. The van der Waals surface area contributed by atoms with E-state index < -0.39 is 5.97 Å². The topological polar surface area (TPSA) is 96.5 Å². The Morgan fingerprint density at radius 1 is 1.15 bits per heavy atom. The first kappa shape index (κ1) is 20.4. The average molecular weight is 627 g/mol. The summed E-state index contributed by atoms with van der Waals surface area (Å²) in [7, 11) is 0. The Morgan fingerprint density at radius 2 is 1.78 bits per heavy atom. The van der Waals surface area contributed by atoms with E-state index in [4.69, 9.17) is 16.0 Å². The third-order valence-corrected chi connectivity index (χ3v) is 5.99. The predicted molar refractivity (Wildman–Crippen MR) is 120 cm³/mol. The second-order valence-electron chi connectivity index (χ2n) is 5.13. The van der Waals surface area contributed by atoms with Gasteiger partial charge >= 0.3 is 5.97 Å². The van der Waals surface area contributed by atoms with Crippen molar-refractivity contribution in [1.29, 1.82) is 0 Å². The number of aliphatic carboxylic acids is 1. The van der Waals surface area contributed by atoms with E-state index in [1.807, 2.05) is 45.2 Å². The third kappa shape index (κ3) is 5.15. The number of aromatic nitrogens is 2. The number of carboxylic acids is 1. The van der Waals surface area contributed by atoms with E-state index in [1.54, 1.807) is 36.4 Å². The molecule has 27 heavy (non-hydrogen) atoms. The van der Waals surface area contributed by atoms with E-state index in [1.165, 1.54) is 6.08 Å². The van der Waals surface area contributed by atoms with Crippen LogP contribution in [0.3, 0.4) is 0 Å². The highest BCUT2D eigenvalue weighted by Gasteiger charge is 2.16. The van der Waals surface area contributed by atoms with Crippen molar-refractivity contribution in [3.05, 3.63) is 59.0 Å². The predicted octanol–water partition coefficient (Wildman–Crippen LogP) is 5.52. The van der Waals surface area contributed by atoms with Crippen LogP contribution in [-0.2, 0) is 4.79 Å². The van der Waals surface area contributed by atoms with Crippen LogP contribution < -0.4 is 0 Å². The lowest BCUT2D eigenvalue weighted by Crippen LogP contribution is -1.97. The Bertz CT molecular complexity index is 1010. The normalized spacial score (nSPS) is 11.6. The molecule has 0 saturated carbocycles. The van der Waals surface area contributed by atoms with Crippen LogP contribution in [-0.4, -0.2) is 26.4 Å². The molecule has 6 nitrogen and oxygen atoms in total. The fraction of sp³-hybridized carbons (Fsp3) is 0. The molecule has 1 aromatic heterocycles. The molecule has 1 heterocycles. The summed E-state index contributed by atoms with van der Waals surface area (Å²) in [5, 5.41) is 27.9. The van der Waals surface area contributed by atoms with E-state index in [0.717, 1.165) is 11.8 Å². The van der Waals surface area contributed by atoms with Gasteiger partial charge in [0.1, 0.15) is 10.7 Å². The largest absolute Gasteiger partial charge is 0.506 e. The molecule has 0 unspecified atom stereocenters. The molecule has 0 aliphatic heterocycles. The van der Waals surface area contributed by atoms with Crippen molar-refractivity contribution in [1.82, 2.24) is 10.2 Å². The van der Waals surface area contributed by atoms with Gasteiger partial charge in [0, 0.05) is 10.6 Å². The molecule has 138 valence electrons. The number of carboxylic acid groups (broad SMARTS) is 1. The van der Waals surface area contributed by atoms with Gasteiger partial charge in [-0.15, -0.1) is 10.2 Å². The van der Waals surface area contributed by atoms with Crippen LogP contribution in [0.25, 0.3) is 17.5 Å². The lowest BCUT2D eigenvalue weighted by atomic mass is 10.2. The van der Waals surface area contributed by atoms with E-state index in [9.17, 15) is 15.0 Å². The van der Waals surface area contributed by atoms with Crippen molar-refractivity contribution in [2.75, 3.05) is 0 Å². The number of phenols is 1. The van der Waals surface area contributed by atoms with Crippen molar-refractivity contribution >= 4 is 80.6 Å². The number of hydrogen-bond acceptors (Lipinski definition) is 6. The number of phenolic OH excluding ortho intramolecular Hbond substituents is 1. The highest BCUT2D eigenvalue weighted by atomic mass is 127. The van der Waals surface area contributed by atoms with Crippen LogP contribution in [0.15, 0.2) is 50.9 Å². The van der Waals surface area contributed by atoms with Gasteiger partial charge < -0.3 is 14.6 Å². The van der Waals surface area contributed by atoms with Crippen molar-refractivity contribution < 1.29 is 19.4 Å². The van der Waals surface area contributed by atoms with Crippen LogP contribution in [0.1, 0.15) is 5.56 Å². The molecule has 0 atom stereocenters. The number of thioether (sulfide) groups is 1. The van der Waals surface area contributed by atoms with Crippen LogP contribution in [0.5, 0.6) is 5.75 Å². The van der Waals surface area contributed by atoms with Crippen molar-refractivity contribution in [3.8, 4) is 17.2 Å². The molecule has 0 amide bonds. The molecule has 2 aromatic carbocycles. The number of benzene rings is 2. The summed E-state index contributed by atoms with van der Waals surface area (Å²) in [6, 6.07) is 10.2. The molecule has 3 aromatic rings. The zero-order chi connectivity index (χ0) is 19.6. The number of carbonyl (C=O) groups is 1. The quantitative estimate of drug-likeness (QED) is 0.219. The lowest BCUT2D eigenvalue weighted by molar-refractivity contribution is -0.131. The van der Waals surface area contributed by atoms with Gasteiger partial charge in [0.15, 0.2) is 0 Å². The number of nitrogens with zero attached hydrogens (tertiary/aromatic N) is 2. The zero-order valence-corrected chi connectivity index (χ0v) is 19.1. The summed E-state index contributed by atoms with van der Waals surface area (Å²) in [6.45, 7) is 0. The summed E-state index contributed by atoms with van der Waals surface area (Å²) in [6.07, 6.45) is 1.49. The van der Waals surface area contributed by atoms with Crippen molar-refractivity contribution in [2.24, 2.45) is 0 Å². The third-order valence-electron chi connectivity index (χ3n) is 3.24. The molecule has 10 heteroatoms. The SMILES string of the molecule is O=C(O)/C(=C/c1cc(I)c(O)c(I)c1)Sc1nnc(-c2ccc(Cl)cc2)o1. The van der Waals surface area contributed by atoms with E-state index >= 15 is 0 Å². The van der Waals surface area contributed by atoms with Gasteiger partial charge in [0.2, 0.25) is 5.89 Å². The summed E-state index contributed by atoms with van der Waals surface area (Å²) in [5.41, 5.74) is 1.33. The fourth-order valence-electron chi connectivity index (χ4n) is 2.01. The first-order valence-corrected chi connectivity index (χ1v) is 10.6. The summed E-state index contributed by atoms with van der Waals surface area (Å²) < 4.78 is 6.80. The lowest BCUT2D eigenvalue weighted by Gasteiger charge is -2.04. The Labute approximate surface area is 190 Å². The molecule has 3 rings (SSSR count). The molecular formula is C17H9ClI2N2O4S. The Hall–Kier alpha value is -1.31. The summed E-state index contributed by atoms with van der Waals surface area (Å²) in [5.74, 6) is -0.681. The molecule has 0 bridgehead atoms. The molecular weight excluding hydrogens is 618 g/mol. The monoisotopic (exact) mass is 626 g/mol.